The van der Waals surface area contributed by atoms with E-state index in [-0.39, 0.29) is 18.1 Å². The van der Waals surface area contributed by atoms with Gasteiger partial charge in [-0.1, -0.05) is 49.2 Å². The van der Waals surface area contributed by atoms with E-state index in [2.05, 4.69) is 5.32 Å². The first-order valence-corrected chi connectivity index (χ1v) is 12.8. The van der Waals surface area contributed by atoms with Crippen LogP contribution < -0.4 is 9.62 Å². The van der Waals surface area contributed by atoms with Crippen molar-refractivity contribution in [3.63, 3.8) is 0 Å². The first kappa shape index (κ1) is 26.6. The van der Waals surface area contributed by atoms with Crippen LogP contribution in [0.25, 0.3) is 0 Å². The third-order valence-corrected chi connectivity index (χ3v) is 6.44. The summed E-state index contributed by atoms with van der Waals surface area (Å²) in [5, 5.41) is 3.31. The molecule has 0 aliphatic carbocycles. The van der Waals surface area contributed by atoms with Gasteiger partial charge in [0, 0.05) is 18.1 Å². The van der Waals surface area contributed by atoms with Gasteiger partial charge in [-0.15, -0.1) is 0 Å². The molecule has 1 N–H and O–H groups in total. The third kappa shape index (κ3) is 7.71. The zero-order chi connectivity index (χ0) is 24.6. The lowest BCUT2D eigenvalue weighted by molar-refractivity contribution is -0.139. The molecule has 0 saturated carbocycles. The summed E-state index contributed by atoms with van der Waals surface area (Å²) in [5.41, 5.74) is 0.470. The Hall–Kier alpha value is -2.65. The fourth-order valence-electron chi connectivity index (χ4n) is 3.15. The molecule has 0 bridgehead atoms. The highest BCUT2D eigenvalue weighted by Crippen LogP contribution is 2.22. The third-order valence-electron chi connectivity index (χ3n) is 5.06. The van der Waals surface area contributed by atoms with Gasteiger partial charge in [0.2, 0.25) is 21.8 Å². The van der Waals surface area contributed by atoms with Gasteiger partial charge in [0.15, 0.2) is 0 Å². The number of sulfonamides is 1. The molecule has 2 aromatic rings. The highest BCUT2D eigenvalue weighted by atomic mass is 35.5. The Balaban J connectivity index is 2.34. The van der Waals surface area contributed by atoms with Crippen molar-refractivity contribution in [3.8, 4) is 0 Å². The molecule has 7 nitrogen and oxygen atoms in total. The zero-order valence-electron chi connectivity index (χ0n) is 18.9. The number of nitrogens with one attached hydrogen (secondary N) is 1. The molecule has 0 fully saturated rings. The molecule has 10 heteroatoms. The van der Waals surface area contributed by atoms with E-state index < -0.39 is 34.3 Å². The molecule has 0 aliphatic heterocycles. The Kier molecular flexibility index (Phi) is 9.67. The first-order chi connectivity index (χ1) is 15.5. The number of amides is 2. The molecular weight excluding hydrogens is 469 g/mol. The molecule has 1 atom stereocenters. The fourth-order valence-corrected chi connectivity index (χ4v) is 4.13. The largest absolute Gasteiger partial charge is 0.354 e. The summed E-state index contributed by atoms with van der Waals surface area (Å²) in [6.07, 6.45) is 2.59. The van der Waals surface area contributed by atoms with E-state index in [9.17, 15) is 22.4 Å². The fraction of sp³-hybridized carbons (Fsp3) is 0.391. The van der Waals surface area contributed by atoms with Gasteiger partial charge in [-0.05, 0) is 43.2 Å². The highest BCUT2D eigenvalue weighted by molar-refractivity contribution is 7.92. The molecule has 0 radical (unpaired) electrons. The normalized spacial score (nSPS) is 12.2. The molecule has 33 heavy (non-hydrogen) atoms. The van der Waals surface area contributed by atoms with Crippen LogP contribution in [0.3, 0.4) is 0 Å². The van der Waals surface area contributed by atoms with Crippen LogP contribution in [0, 0.1) is 5.82 Å². The van der Waals surface area contributed by atoms with Crippen molar-refractivity contribution in [2.45, 2.75) is 39.3 Å². The molecular formula is C23H29ClFN3O4S. The summed E-state index contributed by atoms with van der Waals surface area (Å²) in [7, 11) is -3.98. The Morgan fingerprint density at radius 1 is 1.12 bits per heavy atom. The Labute approximate surface area is 199 Å². The molecule has 2 aromatic carbocycles. The lowest BCUT2D eigenvalue weighted by atomic mass is 10.1. The van der Waals surface area contributed by atoms with E-state index in [0.29, 0.717) is 21.4 Å². The van der Waals surface area contributed by atoms with Crippen LogP contribution in [-0.2, 0) is 26.2 Å². The minimum atomic E-state index is -3.98. The van der Waals surface area contributed by atoms with E-state index in [1.165, 1.54) is 23.1 Å². The molecule has 1 unspecified atom stereocenters. The molecule has 0 heterocycles. The van der Waals surface area contributed by atoms with E-state index in [1.807, 2.05) is 6.92 Å². The number of nitrogens with zero attached hydrogens (tertiary/aromatic N) is 2. The minimum Gasteiger partial charge on any atom is -0.354 e. The Morgan fingerprint density at radius 2 is 1.76 bits per heavy atom. The predicted molar refractivity (Wildman–Crippen MR) is 128 cm³/mol. The van der Waals surface area contributed by atoms with Crippen LogP contribution in [0.5, 0.6) is 0 Å². The van der Waals surface area contributed by atoms with E-state index in [1.54, 1.807) is 31.2 Å². The number of hydrogen-bond acceptors (Lipinski definition) is 4. The van der Waals surface area contributed by atoms with Crippen LogP contribution in [0.1, 0.15) is 32.3 Å². The van der Waals surface area contributed by atoms with Crippen molar-refractivity contribution < 1.29 is 22.4 Å². The Bertz CT molecular complexity index is 1060. The number of rotatable bonds is 11. The molecule has 0 saturated heterocycles. The number of benzene rings is 2. The maximum absolute atomic E-state index is 14.4. The van der Waals surface area contributed by atoms with Crippen LogP contribution in [0.2, 0.25) is 5.02 Å². The predicted octanol–water partition coefficient (Wildman–Crippen LogP) is 3.58. The van der Waals surface area contributed by atoms with Crippen molar-refractivity contribution >= 4 is 39.1 Å². The van der Waals surface area contributed by atoms with Gasteiger partial charge < -0.3 is 10.2 Å². The van der Waals surface area contributed by atoms with Crippen LogP contribution in [0.4, 0.5) is 10.1 Å². The number of halogens is 2. The van der Waals surface area contributed by atoms with Gasteiger partial charge in [0.05, 0.1) is 11.9 Å². The summed E-state index contributed by atoms with van der Waals surface area (Å²) in [5.74, 6) is -1.77. The van der Waals surface area contributed by atoms with Crippen molar-refractivity contribution in [2.75, 3.05) is 23.7 Å². The van der Waals surface area contributed by atoms with E-state index >= 15 is 0 Å². The topological polar surface area (TPSA) is 86.8 Å². The number of carbonyl (C=O) groups is 2. The zero-order valence-corrected chi connectivity index (χ0v) is 20.5. The van der Waals surface area contributed by atoms with Crippen molar-refractivity contribution in [1.82, 2.24) is 10.2 Å². The van der Waals surface area contributed by atoms with Crippen molar-refractivity contribution in [1.29, 1.82) is 0 Å². The number of hydrogen-bond donors (Lipinski definition) is 1. The van der Waals surface area contributed by atoms with Gasteiger partial charge in [-0.2, -0.15) is 0 Å². The van der Waals surface area contributed by atoms with Crippen LogP contribution in [0.15, 0.2) is 48.5 Å². The number of carbonyl (C=O) groups excluding carboxylic acids is 2. The summed E-state index contributed by atoms with van der Waals surface area (Å²) in [6, 6.07) is 11.2. The monoisotopic (exact) mass is 497 g/mol. The summed E-state index contributed by atoms with van der Waals surface area (Å²) in [6.45, 7) is 3.43. The van der Waals surface area contributed by atoms with Gasteiger partial charge in [0.1, 0.15) is 18.4 Å². The average molecular weight is 498 g/mol. The number of anilines is 1. The first-order valence-electron chi connectivity index (χ1n) is 10.6. The second-order valence-electron chi connectivity index (χ2n) is 7.69. The number of unbranched alkanes of at least 4 members (excludes halogenated alkanes) is 1. The minimum absolute atomic E-state index is 0.0488. The molecule has 0 spiro atoms. The van der Waals surface area contributed by atoms with E-state index in [4.69, 9.17) is 11.6 Å². The molecule has 2 amide bonds. The molecule has 0 aromatic heterocycles. The maximum Gasteiger partial charge on any atom is 0.244 e. The van der Waals surface area contributed by atoms with Crippen LogP contribution in [-0.4, -0.2) is 50.5 Å². The van der Waals surface area contributed by atoms with Gasteiger partial charge in [-0.3, -0.25) is 13.9 Å². The van der Waals surface area contributed by atoms with Gasteiger partial charge in [-0.25, -0.2) is 12.8 Å². The number of para-hydroxylation sites is 1. The van der Waals surface area contributed by atoms with Crippen LogP contribution >= 0.6 is 11.6 Å². The lowest BCUT2D eigenvalue weighted by Gasteiger charge is -2.31. The van der Waals surface area contributed by atoms with Gasteiger partial charge in [0.25, 0.3) is 0 Å². The highest BCUT2D eigenvalue weighted by Gasteiger charge is 2.30. The quantitative estimate of drug-likeness (QED) is 0.481. The summed E-state index contributed by atoms with van der Waals surface area (Å²) < 4.78 is 39.9. The second-order valence-corrected chi connectivity index (χ2v) is 10.0. The van der Waals surface area contributed by atoms with Crippen molar-refractivity contribution in [2.24, 2.45) is 0 Å². The second kappa shape index (κ2) is 12.0. The summed E-state index contributed by atoms with van der Waals surface area (Å²) >= 11 is 5.94. The maximum atomic E-state index is 14.4. The smallest absolute Gasteiger partial charge is 0.244 e. The summed E-state index contributed by atoms with van der Waals surface area (Å²) in [4.78, 5) is 27.3. The molecule has 2 rings (SSSR count). The lowest BCUT2D eigenvalue weighted by Crippen LogP contribution is -2.51. The van der Waals surface area contributed by atoms with Crippen molar-refractivity contribution in [3.05, 3.63) is 64.9 Å². The Morgan fingerprint density at radius 3 is 2.33 bits per heavy atom. The SMILES string of the molecule is CCCCNC(=O)C(C)N(Cc1ccc(Cl)cc1)C(=O)CN(c1ccccc1F)S(C)(=O)=O. The van der Waals surface area contributed by atoms with Gasteiger partial charge >= 0.3 is 0 Å². The molecule has 180 valence electrons. The van der Waals surface area contributed by atoms with E-state index in [0.717, 1.165) is 25.2 Å². The standard InChI is InChI=1S/C23H29ClFN3O4S/c1-4-5-14-26-23(30)17(2)27(15-18-10-12-19(24)13-11-18)22(29)16-28(33(3,31)32)21-9-7-6-8-20(21)25/h6-13,17H,4-5,14-16H2,1-3H3,(H,26,30). The average Bonchev–Trinajstić information content (AvgIpc) is 2.76. The molecule has 0 aliphatic rings.